The molecule has 1 aromatic carbocycles. The van der Waals surface area contributed by atoms with Crippen LogP contribution in [-0.4, -0.2) is 18.4 Å². The maximum absolute atomic E-state index is 12.2. The second kappa shape index (κ2) is 6.64. The SMILES string of the molecule is CCOC(=O)[C@H]1C[C@@H]1C(=O)CCc1cccc(C(C)(C)C)c1. The molecule has 0 saturated heterocycles. The molecule has 0 bridgehead atoms. The number of hydrogen-bond donors (Lipinski definition) is 0. The summed E-state index contributed by atoms with van der Waals surface area (Å²) in [6.45, 7) is 8.73. The summed E-state index contributed by atoms with van der Waals surface area (Å²) in [5.41, 5.74) is 2.59. The van der Waals surface area contributed by atoms with Crippen LogP contribution in [0.15, 0.2) is 24.3 Å². The normalized spacial score (nSPS) is 20.5. The molecule has 2 rings (SSSR count). The minimum absolute atomic E-state index is 0.107. The van der Waals surface area contributed by atoms with Crippen molar-refractivity contribution in [3.05, 3.63) is 35.4 Å². The second-order valence-electron chi connectivity index (χ2n) is 7.12. The molecule has 0 spiro atoms. The number of benzene rings is 1. The van der Waals surface area contributed by atoms with Gasteiger partial charge in [0.25, 0.3) is 0 Å². The van der Waals surface area contributed by atoms with E-state index in [4.69, 9.17) is 4.74 Å². The molecule has 1 aliphatic carbocycles. The molecule has 1 fully saturated rings. The summed E-state index contributed by atoms with van der Waals surface area (Å²) in [5.74, 6) is -0.312. The summed E-state index contributed by atoms with van der Waals surface area (Å²) in [6.07, 6.45) is 1.92. The molecule has 0 radical (unpaired) electrons. The Morgan fingerprint density at radius 3 is 2.59 bits per heavy atom. The van der Waals surface area contributed by atoms with Crippen LogP contribution in [0, 0.1) is 11.8 Å². The van der Waals surface area contributed by atoms with E-state index in [1.165, 1.54) is 11.1 Å². The number of esters is 1. The molecule has 2 atom stereocenters. The molecule has 0 heterocycles. The van der Waals surface area contributed by atoms with Crippen LogP contribution in [0.1, 0.15) is 51.7 Å². The molecule has 1 aromatic rings. The Kier molecular flexibility index (Phi) is 5.05. The van der Waals surface area contributed by atoms with Crippen molar-refractivity contribution in [3.63, 3.8) is 0 Å². The first-order chi connectivity index (χ1) is 10.3. The number of ether oxygens (including phenoxy) is 1. The lowest BCUT2D eigenvalue weighted by molar-refractivity contribution is -0.145. The van der Waals surface area contributed by atoms with Crippen molar-refractivity contribution in [2.45, 2.75) is 52.4 Å². The van der Waals surface area contributed by atoms with E-state index in [1.54, 1.807) is 6.92 Å². The molecular formula is C19H26O3. The molecule has 0 N–H and O–H groups in total. The van der Waals surface area contributed by atoms with Crippen molar-refractivity contribution in [2.24, 2.45) is 11.8 Å². The van der Waals surface area contributed by atoms with Gasteiger partial charge in [0.05, 0.1) is 12.5 Å². The third kappa shape index (κ3) is 4.19. The second-order valence-corrected chi connectivity index (χ2v) is 7.12. The fourth-order valence-electron chi connectivity index (χ4n) is 2.71. The number of ketones is 1. The van der Waals surface area contributed by atoms with Gasteiger partial charge in [0.1, 0.15) is 5.78 Å². The monoisotopic (exact) mass is 302 g/mol. The highest BCUT2D eigenvalue weighted by Gasteiger charge is 2.48. The van der Waals surface area contributed by atoms with Crippen molar-refractivity contribution < 1.29 is 14.3 Å². The van der Waals surface area contributed by atoms with Crippen LogP contribution in [0.3, 0.4) is 0 Å². The van der Waals surface area contributed by atoms with Gasteiger partial charge in [-0.15, -0.1) is 0 Å². The van der Waals surface area contributed by atoms with Gasteiger partial charge in [-0.25, -0.2) is 0 Å². The van der Waals surface area contributed by atoms with E-state index in [2.05, 4.69) is 45.0 Å². The van der Waals surface area contributed by atoms with Crippen LogP contribution < -0.4 is 0 Å². The molecule has 1 saturated carbocycles. The summed E-state index contributed by atoms with van der Waals surface area (Å²) in [6, 6.07) is 8.43. The Bertz CT molecular complexity index is 554. The zero-order valence-electron chi connectivity index (χ0n) is 14.0. The van der Waals surface area contributed by atoms with Gasteiger partial charge in [-0.1, -0.05) is 45.0 Å². The van der Waals surface area contributed by atoms with Gasteiger partial charge in [0, 0.05) is 12.3 Å². The van der Waals surface area contributed by atoms with E-state index in [0.717, 1.165) is 6.42 Å². The molecule has 0 unspecified atom stereocenters. The predicted molar refractivity (Wildman–Crippen MR) is 86.7 cm³/mol. The Labute approximate surface area is 133 Å². The molecule has 120 valence electrons. The molecule has 0 aromatic heterocycles. The summed E-state index contributed by atoms with van der Waals surface area (Å²) in [4.78, 5) is 23.7. The van der Waals surface area contributed by atoms with Crippen molar-refractivity contribution in [1.29, 1.82) is 0 Å². The standard InChI is InChI=1S/C19H26O3/c1-5-22-18(21)16-12-15(16)17(20)10-9-13-7-6-8-14(11-13)19(2,3)4/h6-8,11,15-16H,5,9-10,12H2,1-4H3/t15-,16-/m0/s1. The topological polar surface area (TPSA) is 43.4 Å². The number of carbonyl (C=O) groups excluding carboxylic acids is 2. The van der Waals surface area contributed by atoms with Crippen LogP contribution >= 0.6 is 0 Å². The van der Waals surface area contributed by atoms with E-state index in [-0.39, 0.29) is 29.0 Å². The lowest BCUT2D eigenvalue weighted by Crippen LogP contribution is -2.13. The highest BCUT2D eigenvalue weighted by molar-refractivity contribution is 5.91. The summed E-state index contributed by atoms with van der Waals surface area (Å²) in [5, 5.41) is 0. The smallest absolute Gasteiger partial charge is 0.309 e. The van der Waals surface area contributed by atoms with Crippen LogP contribution in [0.25, 0.3) is 0 Å². The maximum Gasteiger partial charge on any atom is 0.309 e. The fraction of sp³-hybridized carbons (Fsp3) is 0.579. The first-order valence-electron chi connectivity index (χ1n) is 8.11. The number of aryl methyl sites for hydroxylation is 1. The van der Waals surface area contributed by atoms with E-state index < -0.39 is 0 Å². The Hall–Kier alpha value is -1.64. The first kappa shape index (κ1) is 16.7. The van der Waals surface area contributed by atoms with Crippen LogP contribution in [-0.2, 0) is 26.2 Å². The predicted octanol–water partition coefficient (Wildman–Crippen LogP) is 3.69. The van der Waals surface area contributed by atoms with E-state index in [0.29, 0.717) is 19.4 Å². The average Bonchev–Trinajstić information content (AvgIpc) is 3.25. The van der Waals surface area contributed by atoms with Gasteiger partial charge in [0.2, 0.25) is 0 Å². The minimum Gasteiger partial charge on any atom is -0.466 e. The average molecular weight is 302 g/mol. The van der Waals surface area contributed by atoms with Gasteiger partial charge >= 0.3 is 5.97 Å². The molecule has 22 heavy (non-hydrogen) atoms. The molecule has 0 amide bonds. The number of carbonyl (C=O) groups is 2. The van der Waals surface area contributed by atoms with Crippen LogP contribution in [0.2, 0.25) is 0 Å². The first-order valence-corrected chi connectivity index (χ1v) is 8.11. The van der Waals surface area contributed by atoms with Gasteiger partial charge in [0.15, 0.2) is 0 Å². The van der Waals surface area contributed by atoms with Gasteiger partial charge in [-0.3, -0.25) is 9.59 Å². The van der Waals surface area contributed by atoms with Crippen LogP contribution in [0.5, 0.6) is 0 Å². The molecule has 3 heteroatoms. The largest absolute Gasteiger partial charge is 0.466 e. The van der Waals surface area contributed by atoms with E-state index in [9.17, 15) is 9.59 Å². The summed E-state index contributed by atoms with van der Waals surface area (Å²) >= 11 is 0. The Morgan fingerprint density at radius 1 is 1.23 bits per heavy atom. The van der Waals surface area contributed by atoms with Crippen molar-refractivity contribution >= 4 is 11.8 Å². The zero-order valence-corrected chi connectivity index (χ0v) is 14.0. The van der Waals surface area contributed by atoms with Gasteiger partial charge in [-0.05, 0) is 36.3 Å². The lowest BCUT2D eigenvalue weighted by Gasteiger charge is -2.19. The molecular weight excluding hydrogens is 276 g/mol. The Morgan fingerprint density at radius 2 is 1.95 bits per heavy atom. The highest BCUT2D eigenvalue weighted by atomic mass is 16.5. The summed E-state index contributed by atoms with van der Waals surface area (Å²) in [7, 11) is 0. The molecule has 1 aliphatic rings. The summed E-state index contributed by atoms with van der Waals surface area (Å²) < 4.78 is 4.97. The van der Waals surface area contributed by atoms with Gasteiger partial charge in [-0.2, -0.15) is 0 Å². The molecule has 0 aliphatic heterocycles. The third-order valence-electron chi connectivity index (χ3n) is 4.25. The molecule has 3 nitrogen and oxygen atoms in total. The lowest BCUT2D eigenvalue weighted by atomic mass is 9.85. The van der Waals surface area contributed by atoms with Crippen molar-refractivity contribution in [2.75, 3.05) is 6.61 Å². The maximum atomic E-state index is 12.2. The Balaban J connectivity index is 1.86. The number of rotatable bonds is 6. The quantitative estimate of drug-likeness (QED) is 0.753. The number of Topliss-reactive ketones (excluding diaryl/α,β-unsaturated/α-hetero) is 1. The third-order valence-corrected chi connectivity index (χ3v) is 4.25. The van der Waals surface area contributed by atoms with Crippen LogP contribution in [0.4, 0.5) is 0 Å². The fourth-order valence-corrected chi connectivity index (χ4v) is 2.71. The van der Waals surface area contributed by atoms with Gasteiger partial charge < -0.3 is 4.74 Å². The van der Waals surface area contributed by atoms with Crippen molar-refractivity contribution in [1.82, 2.24) is 0 Å². The zero-order chi connectivity index (χ0) is 16.3. The minimum atomic E-state index is -0.212. The number of hydrogen-bond acceptors (Lipinski definition) is 3. The van der Waals surface area contributed by atoms with E-state index in [1.807, 2.05) is 0 Å². The highest BCUT2D eigenvalue weighted by Crippen LogP contribution is 2.41. The van der Waals surface area contributed by atoms with Crippen molar-refractivity contribution in [3.8, 4) is 0 Å². The van der Waals surface area contributed by atoms with E-state index >= 15 is 0 Å².